The minimum atomic E-state index is -0.996. The molecular weight excluding hydrogens is 502 g/mol. The van der Waals surface area contributed by atoms with E-state index in [9.17, 15) is 14.7 Å². The number of carbonyl (C=O) groups is 2. The molecule has 2 saturated carbocycles. The summed E-state index contributed by atoms with van der Waals surface area (Å²) in [7, 11) is 0. The van der Waals surface area contributed by atoms with Crippen molar-refractivity contribution in [1.82, 2.24) is 9.97 Å². The van der Waals surface area contributed by atoms with Crippen LogP contribution in [-0.4, -0.2) is 38.2 Å². The second kappa shape index (κ2) is 12.0. The van der Waals surface area contributed by atoms with Crippen molar-refractivity contribution in [2.75, 3.05) is 4.90 Å². The SMILES string of the molecule is CC(C)(C)C#Cc1cc(N(C(=O)[C@H]2CC[C@H](C)CC2)[C@H]2CC[C@@H](Sc3ncccn3)CC2)c(C(=O)O)s1. The summed E-state index contributed by atoms with van der Waals surface area (Å²) in [4.78, 5) is 37.9. The highest BCUT2D eigenvalue weighted by atomic mass is 32.2. The molecule has 2 aliphatic rings. The lowest BCUT2D eigenvalue weighted by atomic mass is 9.81. The predicted octanol–water partition coefficient (Wildman–Crippen LogP) is 6.90. The van der Waals surface area contributed by atoms with Gasteiger partial charge in [-0.1, -0.05) is 30.5 Å². The Bertz CT molecular complexity index is 1150. The molecule has 2 aromatic heterocycles. The first-order valence-corrected chi connectivity index (χ1v) is 15.0. The molecule has 37 heavy (non-hydrogen) atoms. The van der Waals surface area contributed by atoms with Crippen LogP contribution >= 0.6 is 23.1 Å². The summed E-state index contributed by atoms with van der Waals surface area (Å²) in [6.07, 6.45) is 10.9. The number of rotatable bonds is 6. The maximum Gasteiger partial charge on any atom is 0.348 e. The second-order valence-electron chi connectivity index (χ2n) is 11.4. The molecule has 2 heterocycles. The zero-order chi connectivity index (χ0) is 26.6. The van der Waals surface area contributed by atoms with Crippen LogP contribution in [0.4, 0.5) is 5.69 Å². The van der Waals surface area contributed by atoms with E-state index in [2.05, 4.69) is 28.7 Å². The van der Waals surface area contributed by atoms with Gasteiger partial charge in [0.2, 0.25) is 5.91 Å². The number of thiophene rings is 1. The fraction of sp³-hybridized carbons (Fsp3) is 0.586. The van der Waals surface area contributed by atoms with Crippen LogP contribution in [0.25, 0.3) is 0 Å². The lowest BCUT2D eigenvalue weighted by Crippen LogP contribution is -2.46. The van der Waals surface area contributed by atoms with E-state index < -0.39 is 5.97 Å². The van der Waals surface area contributed by atoms with Gasteiger partial charge >= 0.3 is 5.97 Å². The molecule has 0 atom stereocenters. The third-order valence-corrected chi connectivity index (χ3v) is 9.41. The van der Waals surface area contributed by atoms with Crippen molar-refractivity contribution in [3.05, 3.63) is 34.3 Å². The van der Waals surface area contributed by atoms with Gasteiger partial charge in [0.25, 0.3) is 0 Å². The normalized spacial score (nSPS) is 24.1. The number of carboxylic acids is 1. The highest BCUT2D eigenvalue weighted by molar-refractivity contribution is 7.99. The summed E-state index contributed by atoms with van der Waals surface area (Å²) < 4.78 is 0. The molecule has 0 aromatic carbocycles. The van der Waals surface area contributed by atoms with Gasteiger partial charge in [0, 0.05) is 35.0 Å². The molecule has 0 unspecified atom stereocenters. The van der Waals surface area contributed by atoms with Gasteiger partial charge < -0.3 is 10.0 Å². The standard InChI is InChI=1S/C29H37N3O3S2/c1-19-6-8-20(9-7-19)26(33)32(21-10-12-22(13-11-21)37-28-30-16-5-17-31-28)24-18-23(14-15-29(2,3)4)36-25(24)27(34)35/h5,16-22H,6-13H2,1-4H3,(H,34,35)/t19-,20-,21-,22+. The van der Waals surface area contributed by atoms with E-state index in [0.717, 1.165) is 56.5 Å². The molecule has 1 amide bonds. The van der Waals surface area contributed by atoms with Crippen LogP contribution in [0.15, 0.2) is 29.7 Å². The monoisotopic (exact) mass is 539 g/mol. The lowest BCUT2D eigenvalue weighted by Gasteiger charge is -2.39. The van der Waals surface area contributed by atoms with Gasteiger partial charge in [-0.25, -0.2) is 14.8 Å². The molecule has 8 heteroatoms. The summed E-state index contributed by atoms with van der Waals surface area (Å²) in [6, 6.07) is 3.64. The molecule has 6 nitrogen and oxygen atoms in total. The molecule has 2 fully saturated rings. The topological polar surface area (TPSA) is 83.4 Å². The van der Waals surface area contributed by atoms with Gasteiger partial charge in [0.05, 0.1) is 10.6 Å². The molecule has 0 aliphatic heterocycles. The molecule has 0 saturated heterocycles. The molecule has 2 aliphatic carbocycles. The highest BCUT2D eigenvalue weighted by Gasteiger charge is 2.37. The van der Waals surface area contributed by atoms with Crippen molar-refractivity contribution in [3.8, 4) is 11.8 Å². The lowest BCUT2D eigenvalue weighted by molar-refractivity contribution is -0.124. The number of aromatic nitrogens is 2. The fourth-order valence-corrected chi connectivity index (χ4v) is 7.03. The largest absolute Gasteiger partial charge is 0.477 e. The Morgan fingerprint density at radius 2 is 1.70 bits per heavy atom. The second-order valence-corrected chi connectivity index (χ2v) is 13.7. The third-order valence-electron chi connectivity index (χ3n) is 7.15. The quantitative estimate of drug-likeness (QED) is 0.318. The van der Waals surface area contributed by atoms with Gasteiger partial charge in [0.1, 0.15) is 4.88 Å². The Kier molecular flexibility index (Phi) is 8.97. The Labute approximate surface area is 228 Å². The van der Waals surface area contributed by atoms with Crippen LogP contribution < -0.4 is 4.90 Å². The molecule has 1 N–H and O–H groups in total. The van der Waals surface area contributed by atoms with Gasteiger partial charge in [0.15, 0.2) is 5.16 Å². The number of amides is 1. The zero-order valence-corrected chi connectivity index (χ0v) is 23.8. The first-order valence-electron chi connectivity index (χ1n) is 13.3. The van der Waals surface area contributed by atoms with E-state index in [1.807, 2.05) is 37.8 Å². The predicted molar refractivity (Wildman–Crippen MR) is 150 cm³/mol. The number of thioether (sulfide) groups is 1. The first-order chi connectivity index (χ1) is 17.6. The number of hydrogen-bond donors (Lipinski definition) is 1. The van der Waals surface area contributed by atoms with Crippen LogP contribution in [0.2, 0.25) is 0 Å². The summed E-state index contributed by atoms with van der Waals surface area (Å²) in [5.41, 5.74) is 0.335. The number of anilines is 1. The maximum absolute atomic E-state index is 14.1. The van der Waals surface area contributed by atoms with Crippen LogP contribution in [0, 0.1) is 29.1 Å². The Balaban J connectivity index is 1.61. The molecule has 0 radical (unpaired) electrons. The van der Waals surface area contributed by atoms with Crippen molar-refractivity contribution in [2.24, 2.45) is 17.3 Å². The van der Waals surface area contributed by atoms with E-state index in [0.29, 0.717) is 21.7 Å². The number of hydrogen-bond acceptors (Lipinski definition) is 6. The molecule has 4 rings (SSSR count). The summed E-state index contributed by atoms with van der Waals surface area (Å²) >= 11 is 2.88. The summed E-state index contributed by atoms with van der Waals surface area (Å²) in [6.45, 7) is 8.34. The van der Waals surface area contributed by atoms with Gasteiger partial charge in [-0.15, -0.1) is 11.3 Å². The number of carbonyl (C=O) groups excluding carboxylic acids is 1. The van der Waals surface area contributed by atoms with Crippen molar-refractivity contribution >= 4 is 40.7 Å². The number of carboxylic acid groups (broad SMARTS) is 1. The van der Waals surface area contributed by atoms with E-state index in [4.69, 9.17) is 0 Å². The average Bonchev–Trinajstić information content (AvgIpc) is 3.29. The molecule has 0 bridgehead atoms. The van der Waals surface area contributed by atoms with Crippen LogP contribution in [0.5, 0.6) is 0 Å². The first kappa shape index (κ1) is 27.7. The molecule has 0 spiro atoms. The molecule has 198 valence electrons. The Morgan fingerprint density at radius 3 is 2.30 bits per heavy atom. The van der Waals surface area contributed by atoms with Gasteiger partial charge in [-0.3, -0.25) is 4.79 Å². The minimum absolute atomic E-state index is 0.0171. The average molecular weight is 540 g/mol. The van der Waals surface area contributed by atoms with Crippen molar-refractivity contribution < 1.29 is 14.7 Å². The van der Waals surface area contributed by atoms with Crippen molar-refractivity contribution in [3.63, 3.8) is 0 Å². The van der Waals surface area contributed by atoms with Crippen molar-refractivity contribution in [1.29, 1.82) is 0 Å². The van der Waals surface area contributed by atoms with E-state index in [1.165, 1.54) is 11.3 Å². The van der Waals surface area contributed by atoms with Gasteiger partial charge in [-0.05, 0) is 90.2 Å². The fourth-order valence-electron chi connectivity index (χ4n) is 5.14. The molecule has 2 aromatic rings. The van der Waals surface area contributed by atoms with Gasteiger partial charge in [-0.2, -0.15) is 0 Å². The molecular formula is C29H37N3O3S2. The van der Waals surface area contributed by atoms with Crippen molar-refractivity contribution in [2.45, 2.75) is 95.5 Å². The Morgan fingerprint density at radius 1 is 1.05 bits per heavy atom. The number of aromatic carboxylic acids is 1. The van der Waals surface area contributed by atoms with Crippen LogP contribution in [0.3, 0.4) is 0 Å². The van der Waals surface area contributed by atoms with E-state index in [-0.39, 0.29) is 28.2 Å². The van der Waals surface area contributed by atoms with Crippen LogP contribution in [-0.2, 0) is 4.79 Å². The number of nitrogens with zero attached hydrogens (tertiary/aromatic N) is 3. The van der Waals surface area contributed by atoms with E-state index in [1.54, 1.807) is 24.2 Å². The highest BCUT2D eigenvalue weighted by Crippen LogP contribution is 2.40. The smallest absolute Gasteiger partial charge is 0.348 e. The summed E-state index contributed by atoms with van der Waals surface area (Å²) in [5, 5.41) is 11.3. The van der Waals surface area contributed by atoms with Crippen LogP contribution in [0.1, 0.15) is 93.6 Å². The Hall–Kier alpha value is -2.37. The zero-order valence-electron chi connectivity index (χ0n) is 22.2. The minimum Gasteiger partial charge on any atom is -0.477 e. The third kappa shape index (κ3) is 7.36. The maximum atomic E-state index is 14.1. The summed E-state index contributed by atoms with van der Waals surface area (Å²) in [5.74, 6) is 6.06. The van der Waals surface area contributed by atoms with E-state index >= 15 is 0 Å².